The highest BCUT2D eigenvalue weighted by Gasteiger charge is 2.18. The van der Waals surface area contributed by atoms with E-state index in [0.29, 0.717) is 22.7 Å². The number of Topliss-reactive ketones (excluding diaryl/α,β-unsaturated/α-hetero) is 1. The smallest absolute Gasteiger partial charge is 0.163 e. The average Bonchev–Trinajstić information content (AvgIpc) is 2.91. The number of carbonyl (C=O) groups is 1. The molecular weight excluding hydrogens is 306 g/mol. The van der Waals surface area contributed by atoms with Gasteiger partial charge in [-0.2, -0.15) is 5.10 Å². The van der Waals surface area contributed by atoms with Crippen molar-refractivity contribution in [2.24, 2.45) is 0 Å². The zero-order valence-corrected chi connectivity index (χ0v) is 14.4. The SMILES string of the molecule is COc1ccc(-c2c(C)nn3c(C)c(C(C)=O)cnc23)cc1OC. The minimum absolute atomic E-state index is 0.0253. The van der Waals surface area contributed by atoms with Crippen molar-refractivity contribution in [2.75, 3.05) is 14.2 Å². The van der Waals surface area contributed by atoms with Crippen LogP contribution < -0.4 is 9.47 Å². The molecule has 0 unspecified atom stereocenters. The Morgan fingerprint density at radius 2 is 1.83 bits per heavy atom. The first-order valence-corrected chi connectivity index (χ1v) is 7.56. The number of ketones is 1. The summed E-state index contributed by atoms with van der Waals surface area (Å²) in [5.41, 5.74) is 4.74. The van der Waals surface area contributed by atoms with Crippen LogP contribution in [0.2, 0.25) is 0 Å². The summed E-state index contributed by atoms with van der Waals surface area (Å²) in [6, 6.07) is 5.70. The Labute approximate surface area is 140 Å². The highest BCUT2D eigenvalue weighted by atomic mass is 16.5. The van der Waals surface area contributed by atoms with Crippen LogP contribution in [0.5, 0.6) is 11.5 Å². The molecule has 24 heavy (non-hydrogen) atoms. The van der Waals surface area contributed by atoms with Gasteiger partial charge in [0.2, 0.25) is 0 Å². The van der Waals surface area contributed by atoms with E-state index < -0.39 is 0 Å². The van der Waals surface area contributed by atoms with Crippen molar-refractivity contribution in [3.8, 4) is 22.6 Å². The van der Waals surface area contributed by atoms with Gasteiger partial charge in [-0.15, -0.1) is 0 Å². The number of carbonyl (C=O) groups excluding carboxylic acids is 1. The van der Waals surface area contributed by atoms with Gasteiger partial charge >= 0.3 is 0 Å². The minimum atomic E-state index is -0.0253. The number of hydrogen-bond acceptors (Lipinski definition) is 5. The molecule has 0 atom stereocenters. The lowest BCUT2D eigenvalue weighted by Crippen LogP contribution is -2.05. The Morgan fingerprint density at radius 3 is 2.46 bits per heavy atom. The number of benzene rings is 1. The monoisotopic (exact) mass is 325 g/mol. The number of aryl methyl sites for hydroxylation is 2. The largest absolute Gasteiger partial charge is 0.493 e. The number of ether oxygens (including phenoxy) is 2. The lowest BCUT2D eigenvalue weighted by atomic mass is 10.1. The summed E-state index contributed by atoms with van der Waals surface area (Å²) in [5.74, 6) is 1.28. The van der Waals surface area contributed by atoms with Gasteiger partial charge in [0, 0.05) is 11.8 Å². The average molecular weight is 325 g/mol. The Kier molecular flexibility index (Phi) is 3.97. The first-order valence-electron chi connectivity index (χ1n) is 7.56. The van der Waals surface area contributed by atoms with Crippen LogP contribution in [0, 0.1) is 13.8 Å². The minimum Gasteiger partial charge on any atom is -0.493 e. The maximum absolute atomic E-state index is 11.7. The molecular formula is C18H19N3O3. The van der Waals surface area contributed by atoms with Crippen LogP contribution in [0.4, 0.5) is 0 Å². The molecule has 0 saturated heterocycles. The summed E-state index contributed by atoms with van der Waals surface area (Å²) >= 11 is 0. The fraction of sp³-hybridized carbons (Fsp3) is 0.278. The van der Waals surface area contributed by atoms with Crippen LogP contribution >= 0.6 is 0 Å². The summed E-state index contributed by atoms with van der Waals surface area (Å²) in [7, 11) is 3.21. The molecule has 3 rings (SSSR count). The molecule has 0 amide bonds. The summed E-state index contributed by atoms with van der Waals surface area (Å²) in [6.45, 7) is 5.32. The lowest BCUT2D eigenvalue weighted by Gasteiger charge is -2.09. The molecule has 6 nitrogen and oxygen atoms in total. The molecule has 124 valence electrons. The van der Waals surface area contributed by atoms with E-state index in [-0.39, 0.29) is 5.78 Å². The van der Waals surface area contributed by atoms with E-state index in [1.165, 1.54) is 6.92 Å². The molecule has 0 N–H and O–H groups in total. The highest BCUT2D eigenvalue weighted by Crippen LogP contribution is 2.35. The Hall–Kier alpha value is -2.89. The molecule has 0 aliphatic rings. The second kappa shape index (κ2) is 5.96. The number of methoxy groups -OCH3 is 2. The second-order valence-electron chi connectivity index (χ2n) is 5.58. The number of hydrogen-bond donors (Lipinski definition) is 0. The molecule has 2 aromatic heterocycles. The molecule has 0 aliphatic carbocycles. The third-order valence-corrected chi connectivity index (χ3v) is 4.11. The fourth-order valence-corrected chi connectivity index (χ4v) is 2.88. The molecule has 0 bridgehead atoms. The van der Waals surface area contributed by atoms with Crippen LogP contribution in [-0.4, -0.2) is 34.6 Å². The van der Waals surface area contributed by atoms with Gasteiger partial charge in [0.25, 0.3) is 0 Å². The number of nitrogens with zero attached hydrogens (tertiary/aromatic N) is 3. The maximum Gasteiger partial charge on any atom is 0.163 e. The van der Waals surface area contributed by atoms with Gasteiger partial charge in [-0.3, -0.25) is 4.79 Å². The van der Waals surface area contributed by atoms with Crippen molar-refractivity contribution in [1.29, 1.82) is 0 Å². The van der Waals surface area contributed by atoms with E-state index in [9.17, 15) is 4.79 Å². The van der Waals surface area contributed by atoms with Crippen molar-refractivity contribution >= 4 is 11.4 Å². The van der Waals surface area contributed by atoms with Gasteiger partial charge in [0.05, 0.1) is 31.2 Å². The van der Waals surface area contributed by atoms with E-state index in [0.717, 1.165) is 22.5 Å². The van der Waals surface area contributed by atoms with Crippen LogP contribution in [0.3, 0.4) is 0 Å². The summed E-state index contributed by atoms with van der Waals surface area (Å²) in [6.07, 6.45) is 1.61. The van der Waals surface area contributed by atoms with Crippen molar-refractivity contribution < 1.29 is 14.3 Å². The van der Waals surface area contributed by atoms with Gasteiger partial charge in [-0.05, 0) is 38.5 Å². The first kappa shape index (κ1) is 16.0. The highest BCUT2D eigenvalue weighted by molar-refractivity contribution is 5.95. The van der Waals surface area contributed by atoms with Crippen LogP contribution in [-0.2, 0) is 0 Å². The van der Waals surface area contributed by atoms with Crippen molar-refractivity contribution in [2.45, 2.75) is 20.8 Å². The third-order valence-electron chi connectivity index (χ3n) is 4.11. The van der Waals surface area contributed by atoms with Gasteiger partial charge in [0.15, 0.2) is 22.9 Å². The van der Waals surface area contributed by atoms with Crippen LogP contribution in [0.1, 0.15) is 28.7 Å². The number of rotatable bonds is 4. The predicted octanol–water partition coefficient (Wildman–Crippen LogP) is 3.23. The van der Waals surface area contributed by atoms with Crippen molar-refractivity contribution in [1.82, 2.24) is 14.6 Å². The molecule has 0 fully saturated rings. The van der Waals surface area contributed by atoms with E-state index in [1.54, 1.807) is 24.9 Å². The zero-order chi connectivity index (χ0) is 17.4. The Balaban J connectivity index is 2.26. The second-order valence-corrected chi connectivity index (χ2v) is 5.58. The van der Waals surface area contributed by atoms with Gasteiger partial charge < -0.3 is 9.47 Å². The first-order chi connectivity index (χ1) is 11.5. The predicted molar refractivity (Wildman–Crippen MR) is 91.0 cm³/mol. The third kappa shape index (κ3) is 2.40. The summed E-state index contributed by atoms with van der Waals surface area (Å²) < 4.78 is 12.4. The quantitative estimate of drug-likeness (QED) is 0.689. The molecule has 2 heterocycles. The van der Waals surface area contributed by atoms with Gasteiger partial charge in [-0.25, -0.2) is 9.50 Å². The molecule has 1 aromatic carbocycles. The van der Waals surface area contributed by atoms with Crippen LogP contribution in [0.25, 0.3) is 16.8 Å². The van der Waals surface area contributed by atoms with E-state index in [1.807, 2.05) is 32.0 Å². The van der Waals surface area contributed by atoms with E-state index >= 15 is 0 Å². The molecule has 0 radical (unpaired) electrons. The lowest BCUT2D eigenvalue weighted by molar-refractivity contribution is 0.101. The van der Waals surface area contributed by atoms with Crippen molar-refractivity contribution in [3.63, 3.8) is 0 Å². The van der Waals surface area contributed by atoms with Crippen molar-refractivity contribution in [3.05, 3.63) is 41.3 Å². The maximum atomic E-state index is 11.7. The Morgan fingerprint density at radius 1 is 1.12 bits per heavy atom. The van der Waals surface area contributed by atoms with E-state index in [4.69, 9.17) is 9.47 Å². The normalized spacial score (nSPS) is 10.9. The van der Waals surface area contributed by atoms with Gasteiger partial charge in [0.1, 0.15) is 0 Å². The summed E-state index contributed by atoms with van der Waals surface area (Å²) in [5, 5.41) is 4.56. The number of aromatic nitrogens is 3. The Bertz CT molecular complexity index is 944. The zero-order valence-electron chi connectivity index (χ0n) is 14.4. The molecule has 0 spiro atoms. The summed E-state index contributed by atoms with van der Waals surface area (Å²) in [4.78, 5) is 16.2. The number of fused-ring (bicyclic) bond motifs is 1. The molecule has 6 heteroatoms. The fourth-order valence-electron chi connectivity index (χ4n) is 2.88. The van der Waals surface area contributed by atoms with Crippen LogP contribution in [0.15, 0.2) is 24.4 Å². The standard InChI is InChI=1S/C18H19N3O3/c1-10-17(13-6-7-15(23-4)16(8-13)24-5)18-19-9-14(12(3)22)11(2)21(18)20-10/h6-9H,1-5H3. The molecule has 0 aliphatic heterocycles. The topological polar surface area (TPSA) is 65.7 Å². The molecule has 3 aromatic rings. The van der Waals surface area contributed by atoms with Gasteiger partial charge in [-0.1, -0.05) is 6.07 Å². The van der Waals surface area contributed by atoms with E-state index in [2.05, 4.69) is 10.1 Å². The molecule has 0 saturated carbocycles.